The summed E-state index contributed by atoms with van der Waals surface area (Å²) in [6.45, 7) is 0.957. The quantitative estimate of drug-likeness (QED) is 0.855. The molecule has 0 aliphatic heterocycles. The van der Waals surface area contributed by atoms with E-state index in [2.05, 4.69) is 15.6 Å². The molecule has 2 aromatic rings. The Labute approximate surface area is 133 Å². The minimum atomic E-state index is -0.0341. The molecule has 110 valence electrons. The molecule has 1 aromatic carbocycles. The summed E-state index contributed by atoms with van der Waals surface area (Å²) in [5.41, 5.74) is 1.67. The maximum absolute atomic E-state index is 11.7. The Morgan fingerprint density at radius 3 is 2.71 bits per heavy atom. The molecule has 4 nitrogen and oxygen atoms in total. The van der Waals surface area contributed by atoms with E-state index >= 15 is 0 Å². The second kappa shape index (κ2) is 7.86. The molecule has 0 aliphatic rings. The van der Waals surface area contributed by atoms with Gasteiger partial charge in [-0.05, 0) is 30.3 Å². The summed E-state index contributed by atoms with van der Waals surface area (Å²) in [6, 6.07) is 10.9. The van der Waals surface area contributed by atoms with Gasteiger partial charge < -0.3 is 10.6 Å². The number of carbonyl (C=O) groups is 1. The van der Waals surface area contributed by atoms with Crippen LogP contribution >= 0.6 is 23.2 Å². The van der Waals surface area contributed by atoms with Crippen molar-refractivity contribution in [2.75, 3.05) is 11.9 Å². The van der Waals surface area contributed by atoms with E-state index in [1.165, 1.54) is 0 Å². The molecule has 2 N–H and O–H groups in total. The van der Waals surface area contributed by atoms with Crippen LogP contribution in [0.4, 0.5) is 5.69 Å². The summed E-state index contributed by atoms with van der Waals surface area (Å²) in [6.07, 6.45) is 2.07. The fourth-order valence-electron chi connectivity index (χ4n) is 1.71. The van der Waals surface area contributed by atoms with Crippen molar-refractivity contribution >= 4 is 34.8 Å². The number of hydrogen-bond donors (Lipinski definition) is 2. The van der Waals surface area contributed by atoms with E-state index in [1.807, 2.05) is 24.3 Å². The predicted octanol–water partition coefficient (Wildman–Crippen LogP) is 3.51. The smallest absolute Gasteiger partial charge is 0.222 e. The van der Waals surface area contributed by atoms with Crippen LogP contribution in [0.1, 0.15) is 12.1 Å². The van der Waals surface area contributed by atoms with E-state index in [4.69, 9.17) is 23.2 Å². The van der Waals surface area contributed by atoms with Gasteiger partial charge in [-0.1, -0.05) is 29.3 Å². The van der Waals surface area contributed by atoms with Crippen molar-refractivity contribution in [3.8, 4) is 0 Å². The van der Waals surface area contributed by atoms with Crippen molar-refractivity contribution in [3.05, 3.63) is 58.3 Å². The van der Waals surface area contributed by atoms with Crippen LogP contribution < -0.4 is 10.6 Å². The summed E-state index contributed by atoms with van der Waals surface area (Å²) >= 11 is 11.7. The zero-order chi connectivity index (χ0) is 15.1. The highest BCUT2D eigenvalue weighted by molar-refractivity contribution is 6.42. The van der Waals surface area contributed by atoms with Gasteiger partial charge in [-0.15, -0.1) is 0 Å². The molecule has 0 saturated carbocycles. The molecule has 0 aliphatic carbocycles. The second-order valence-electron chi connectivity index (χ2n) is 4.40. The molecule has 0 saturated heterocycles. The predicted molar refractivity (Wildman–Crippen MR) is 85.7 cm³/mol. The summed E-state index contributed by atoms with van der Waals surface area (Å²) in [5, 5.41) is 6.94. The van der Waals surface area contributed by atoms with Crippen LogP contribution in [0.3, 0.4) is 0 Å². The highest BCUT2D eigenvalue weighted by Gasteiger charge is 2.03. The highest BCUT2D eigenvalue weighted by Crippen LogP contribution is 2.24. The third kappa shape index (κ3) is 5.25. The Morgan fingerprint density at radius 2 is 2.00 bits per heavy atom. The van der Waals surface area contributed by atoms with Gasteiger partial charge in [0.05, 0.1) is 22.3 Å². The van der Waals surface area contributed by atoms with E-state index in [9.17, 15) is 4.79 Å². The number of carbonyl (C=O) groups excluding carboxylic acids is 1. The molecule has 0 fully saturated rings. The first-order valence-electron chi connectivity index (χ1n) is 6.50. The van der Waals surface area contributed by atoms with E-state index in [0.29, 0.717) is 29.6 Å². The van der Waals surface area contributed by atoms with Crippen LogP contribution in [-0.4, -0.2) is 17.4 Å². The number of nitrogens with one attached hydrogen (secondary N) is 2. The maximum Gasteiger partial charge on any atom is 0.222 e. The molecular weight excluding hydrogens is 309 g/mol. The second-order valence-corrected chi connectivity index (χ2v) is 5.22. The number of rotatable bonds is 6. The van der Waals surface area contributed by atoms with E-state index in [1.54, 1.807) is 18.3 Å². The maximum atomic E-state index is 11.7. The number of pyridine rings is 1. The molecule has 2 rings (SSSR count). The first-order chi connectivity index (χ1) is 10.1. The summed E-state index contributed by atoms with van der Waals surface area (Å²) in [5.74, 6) is -0.0341. The molecule has 6 heteroatoms. The lowest BCUT2D eigenvalue weighted by molar-refractivity contribution is -0.121. The average molecular weight is 324 g/mol. The van der Waals surface area contributed by atoms with Gasteiger partial charge in [0.2, 0.25) is 5.91 Å². The highest BCUT2D eigenvalue weighted by atomic mass is 35.5. The molecule has 1 heterocycles. The third-order valence-corrected chi connectivity index (χ3v) is 3.53. The Morgan fingerprint density at radius 1 is 1.14 bits per heavy atom. The zero-order valence-corrected chi connectivity index (χ0v) is 12.8. The van der Waals surface area contributed by atoms with Crippen molar-refractivity contribution in [1.29, 1.82) is 0 Å². The largest absolute Gasteiger partial charge is 0.384 e. The standard InChI is InChI=1S/C15H15Cl2N3O/c16-13-5-4-11(9-14(13)17)19-8-6-15(21)20-10-12-3-1-2-7-18-12/h1-5,7,9,19H,6,8,10H2,(H,20,21). The number of amides is 1. The lowest BCUT2D eigenvalue weighted by atomic mass is 10.3. The SMILES string of the molecule is O=C(CCNc1ccc(Cl)c(Cl)c1)NCc1ccccn1. The van der Waals surface area contributed by atoms with Crippen molar-refractivity contribution in [1.82, 2.24) is 10.3 Å². The number of aromatic nitrogens is 1. The fourth-order valence-corrected chi connectivity index (χ4v) is 2.00. The third-order valence-electron chi connectivity index (χ3n) is 2.79. The molecular formula is C15H15Cl2N3O. The Balaban J connectivity index is 1.70. The van der Waals surface area contributed by atoms with Gasteiger partial charge in [0.1, 0.15) is 0 Å². The van der Waals surface area contributed by atoms with Crippen molar-refractivity contribution in [2.45, 2.75) is 13.0 Å². The van der Waals surface area contributed by atoms with Gasteiger partial charge in [-0.25, -0.2) is 0 Å². The zero-order valence-electron chi connectivity index (χ0n) is 11.3. The van der Waals surface area contributed by atoms with Gasteiger partial charge in [-0.2, -0.15) is 0 Å². The topological polar surface area (TPSA) is 54.0 Å². The van der Waals surface area contributed by atoms with Crippen LogP contribution in [0.5, 0.6) is 0 Å². The van der Waals surface area contributed by atoms with Gasteiger partial charge in [0.15, 0.2) is 0 Å². The first-order valence-corrected chi connectivity index (χ1v) is 7.26. The van der Waals surface area contributed by atoms with Crippen LogP contribution in [0.15, 0.2) is 42.6 Å². The van der Waals surface area contributed by atoms with Gasteiger partial charge in [0, 0.05) is 24.8 Å². The van der Waals surface area contributed by atoms with Crippen LogP contribution in [-0.2, 0) is 11.3 Å². The van der Waals surface area contributed by atoms with Crippen molar-refractivity contribution < 1.29 is 4.79 Å². The Bertz CT molecular complexity index is 605. The van der Waals surface area contributed by atoms with Gasteiger partial charge in [0.25, 0.3) is 0 Å². The van der Waals surface area contributed by atoms with Gasteiger partial charge >= 0.3 is 0 Å². The molecule has 0 spiro atoms. The number of hydrogen-bond acceptors (Lipinski definition) is 3. The van der Waals surface area contributed by atoms with E-state index in [-0.39, 0.29) is 5.91 Å². The molecule has 0 radical (unpaired) electrons. The summed E-state index contributed by atoms with van der Waals surface area (Å²) < 4.78 is 0. The number of halogens is 2. The lowest BCUT2D eigenvalue weighted by Crippen LogP contribution is -2.25. The van der Waals surface area contributed by atoms with Crippen LogP contribution in [0.25, 0.3) is 0 Å². The molecule has 1 amide bonds. The fraction of sp³-hybridized carbons (Fsp3) is 0.200. The molecule has 1 aromatic heterocycles. The minimum absolute atomic E-state index is 0.0341. The van der Waals surface area contributed by atoms with Gasteiger partial charge in [-0.3, -0.25) is 9.78 Å². The Hall–Kier alpha value is -1.78. The number of benzene rings is 1. The Kier molecular flexibility index (Phi) is 5.84. The number of nitrogens with zero attached hydrogens (tertiary/aromatic N) is 1. The van der Waals surface area contributed by atoms with E-state index < -0.39 is 0 Å². The molecule has 21 heavy (non-hydrogen) atoms. The van der Waals surface area contributed by atoms with Crippen molar-refractivity contribution in [3.63, 3.8) is 0 Å². The van der Waals surface area contributed by atoms with Crippen molar-refractivity contribution in [2.24, 2.45) is 0 Å². The summed E-state index contributed by atoms with van der Waals surface area (Å²) in [7, 11) is 0. The van der Waals surface area contributed by atoms with E-state index in [0.717, 1.165) is 11.4 Å². The lowest BCUT2D eigenvalue weighted by Gasteiger charge is -2.08. The minimum Gasteiger partial charge on any atom is -0.384 e. The number of anilines is 1. The monoisotopic (exact) mass is 323 g/mol. The molecule has 0 bridgehead atoms. The summed E-state index contributed by atoms with van der Waals surface area (Å²) in [4.78, 5) is 15.8. The normalized spacial score (nSPS) is 10.2. The van der Waals surface area contributed by atoms with Crippen LogP contribution in [0, 0.1) is 0 Å². The average Bonchev–Trinajstić information content (AvgIpc) is 2.50. The van der Waals surface area contributed by atoms with Crippen LogP contribution in [0.2, 0.25) is 10.0 Å². The molecule has 0 unspecified atom stereocenters. The molecule has 0 atom stereocenters. The first kappa shape index (κ1) is 15.6.